The van der Waals surface area contributed by atoms with E-state index in [-0.39, 0.29) is 12.1 Å². The van der Waals surface area contributed by atoms with Crippen LogP contribution in [0.3, 0.4) is 0 Å². The van der Waals surface area contributed by atoms with E-state index in [9.17, 15) is 4.79 Å². The Morgan fingerprint density at radius 3 is 2.44 bits per heavy atom. The van der Waals surface area contributed by atoms with Gasteiger partial charge in [-0.05, 0) is 24.6 Å². The summed E-state index contributed by atoms with van der Waals surface area (Å²) < 4.78 is 15.1. The van der Waals surface area contributed by atoms with E-state index in [1.807, 2.05) is 24.3 Å². The molecule has 1 heterocycles. The summed E-state index contributed by atoms with van der Waals surface area (Å²) in [7, 11) is 2.97. The minimum absolute atomic E-state index is 0.217. The molecule has 0 N–H and O–H groups in total. The predicted molar refractivity (Wildman–Crippen MR) is 57.2 cm³/mol. The Bertz CT molecular complexity index is 398. The Morgan fingerprint density at radius 2 is 1.94 bits per heavy atom. The smallest absolute Gasteiger partial charge is 0.340 e. The quantitative estimate of drug-likeness (QED) is 0.577. The van der Waals surface area contributed by atoms with Crippen molar-refractivity contribution < 1.29 is 19.0 Å². The third kappa shape index (κ3) is 1.65. The molecule has 86 valence electrons. The number of hydrogen-bond acceptors (Lipinski definition) is 4. The average Bonchev–Trinajstić information content (AvgIpc) is 3.02. The highest BCUT2D eigenvalue weighted by molar-refractivity contribution is 5.83. The van der Waals surface area contributed by atoms with E-state index in [1.54, 1.807) is 14.0 Å². The number of ether oxygens (including phenoxy) is 3. The molecule has 1 aromatic carbocycles. The predicted octanol–water partition coefficient (Wildman–Crippen LogP) is 1.70. The van der Waals surface area contributed by atoms with Crippen molar-refractivity contribution in [2.75, 3.05) is 14.2 Å². The van der Waals surface area contributed by atoms with Gasteiger partial charge in [0.05, 0.1) is 14.2 Å². The number of rotatable bonds is 3. The molecule has 2 rings (SSSR count). The molecule has 16 heavy (non-hydrogen) atoms. The molecule has 1 saturated heterocycles. The first-order chi connectivity index (χ1) is 7.61. The molecular formula is C12H14O4. The summed E-state index contributed by atoms with van der Waals surface area (Å²) >= 11 is 0. The number of benzene rings is 1. The van der Waals surface area contributed by atoms with Gasteiger partial charge in [0.25, 0.3) is 0 Å². The number of epoxide rings is 1. The molecule has 2 unspecified atom stereocenters. The SMILES string of the molecule is COC(=O)C1(C)OC1c1ccc(OC)cc1. The van der Waals surface area contributed by atoms with E-state index in [1.165, 1.54) is 7.11 Å². The van der Waals surface area contributed by atoms with Crippen molar-refractivity contribution in [3.8, 4) is 5.75 Å². The summed E-state index contributed by atoms with van der Waals surface area (Å²) in [6, 6.07) is 7.46. The van der Waals surface area contributed by atoms with E-state index in [2.05, 4.69) is 4.74 Å². The Morgan fingerprint density at radius 1 is 1.31 bits per heavy atom. The highest BCUT2D eigenvalue weighted by Crippen LogP contribution is 2.50. The maximum absolute atomic E-state index is 11.4. The molecule has 0 saturated carbocycles. The normalized spacial score (nSPS) is 27.3. The summed E-state index contributed by atoms with van der Waals surface area (Å²) in [6.07, 6.45) is -0.217. The summed E-state index contributed by atoms with van der Waals surface area (Å²) in [5.41, 5.74) is 0.122. The van der Waals surface area contributed by atoms with Crippen molar-refractivity contribution in [2.24, 2.45) is 0 Å². The Hall–Kier alpha value is -1.55. The average molecular weight is 222 g/mol. The minimum atomic E-state index is -0.830. The first-order valence-electron chi connectivity index (χ1n) is 5.02. The molecular weight excluding hydrogens is 208 g/mol. The lowest BCUT2D eigenvalue weighted by Gasteiger charge is -2.04. The molecule has 1 aromatic rings. The largest absolute Gasteiger partial charge is 0.497 e. The van der Waals surface area contributed by atoms with Crippen molar-refractivity contribution in [1.82, 2.24) is 0 Å². The number of methoxy groups -OCH3 is 2. The Kier molecular flexibility index (Phi) is 2.59. The van der Waals surface area contributed by atoms with Gasteiger partial charge in [-0.1, -0.05) is 12.1 Å². The molecule has 1 aliphatic heterocycles. The standard InChI is InChI=1S/C12H14O4/c1-12(11(13)15-3)10(16-12)8-4-6-9(14-2)7-5-8/h4-7,10H,1-3H3. The van der Waals surface area contributed by atoms with Gasteiger partial charge in [0, 0.05) is 0 Å². The molecule has 0 spiro atoms. The number of carbonyl (C=O) groups excluding carboxylic acids is 1. The van der Waals surface area contributed by atoms with Crippen LogP contribution >= 0.6 is 0 Å². The van der Waals surface area contributed by atoms with E-state index in [0.29, 0.717) is 0 Å². The number of carbonyl (C=O) groups is 1. The van der Waals surface area contributed by atoms with E-state index < -0.39 is 5.60 Å². The van der Waals surface area contributed by atoms with Gasteiger partial charge in [0.2, 0.25) is 0 Å². The first kappa shape index (κ1) is 11.0. The van der Waals surface area contributed by atoms with Crippen molar-refractivity contribution in [2.45, 2.75) is 18.6 Å². The molecule has 1 aliphatic rings. The van der Waals surface area contributed by atoms with E-state index >= 15 is 0 Å². The molecule has 0 aliphatic carbocycles. The fraction of sp³-hybridized carbons (Fsp3) is 0.417. The monoisotopic (exact) mass is 222 g/mol. The van der Waals surface area contributed by atoms with Crippen LogP contribution in [0.2, 0.25) is 0 Å². The van der Waals surface area contributed by atoms with Gasteiger partial charge >= 0.3 is 5.97 Å². The van der Waals surface area contributed by atoms with Crippen molar-refractivity contribution >= 4 is 5.97 Å². The summed E-state index contributed by atoms with van der Waals surface area (Å²) in [6.45, 7) is 1.73. The lowest BCUT2D eigenvalue weighted by molar-refractivity contribution is -0.146. The van der Waals surface area contributed by atoms with Crippen molar-refractivity contribution in [3.05, 3.63) is 29.8 Å². The maximum atomic E-state index is 11.4. The summed E-state index contributed by atoms with van der Waals surface area (Å²) in [4.78, 5) is 11.4. The van der Waals surface area contributed by atoms with Gasteiger partial charge in [-0.3, -0.25) is 0 Å². The summed E-state index contributed by atoms with van der Waals surface area (Å²) in [5.74, 6) is 0.442. The van der Waals surface area contributed by atoms with Crippen LogP contribution in [-0.4, -0.2) is 25.8 Å². The van der Waals surface area contributed by atoms with Crippen molar-refractivity contribution in [3.63, 3.8) is 0 Å². The Balaban J connectivity index is 2.13. The van der Waals surface area contributed by atoms with Crippen LogP contribution in [0.1, 0.15) is 18.6 Å². The van der Waals surface area contributed by atoms with Gasteiger partial charge in [0.15, 0.2) is 5.60 Å². The van der Waals surface area contributed by atoms with Gasteiger partial charge < -0.3 is 14.2 Å². The second-order valence-corrected chi connectivity index (χ2v) is 3.87. The van der Waals surface area contributed by atoms with Gasteiger partial charge in [0.1, 0.15) is 11.9 Å². The highest BCUT2D eigenvalue weighted by Gasteiger charge is 2.60. The molecule has 4 nitrogen and oxygen atoms in total. The number of esters is 1. The molecule has 0 amide bonds. The van der Waals surface area contributed by atoms with Crippen LogP contribution in [0, 0.1) is 0 Å². The molecule has 0 aromatic heterocycles. The maximum Gasteiger partial charge on any atom is 0.340 e. The van der Waals surface area contributed by atoms with Crippen LogP contribution in [0.15, 0.2) is 24.3 Å². The van der Waals surface area contributed by atoms with Crippen LogP contribution in [-0.2, 0) is 14.3 Å². The fourth-order valence-electron chi connectivity index (χ4n) is 1.73. The zero-order valence-electron chi connectivity index (χ0n) is 9.52. The topological polar surface area (TPSA) is 48.1 Å². The lowest BCUT2D eigenvalue weighted by Crippen LogP contribution is -2.22. The van der Waals surface area contributed by atoms with Crippen molar-refractivity contribution in [1.29, 1.82) is 0 Å². The second kappa shape index (κ2) is 3.79. The first-order valence-corrected chi connectivity index (χ1v) is 5.02. The summed E-state index contributed by atoms with van der Waals surface area (Å²) in [5, 5.41) is 0. The van der Waals surface area contributed by atoms with Gasteiger partial charge in [-0.15, -0.1) is 0 Å². The van der Waals surface area contributed by atoms with Gasteiger partial charge in [-0.2, -0.15) is 0 Å². The van der Waals surface area contributed by atoms with Crippen LogP contribution < -0.4 is 4.74 Å². The number of hydrogen-bond donors (Lipinski definition) is 0. The van der Waals surface area contributed by atoms with Gasteiger partial charge in [-0.25, -0.2) is 4.79 Å². The molecule has 0 bridgehead atoms. The third-order valence-corrected chi connectivity index (χ3v) is 2.82. The Labute approximate surface area is 94.1 Å². The molecule has 4 heteroatoms. The van der Waals surface area contributed by atoms with E-state index in [0.717, 1.165) is 11.3 Å². The van der Waals surface area contributed by atoms with E-state index in [4.69, 9.17) is 9.47 Å². The zero-order valence-corrected chi connectivity index (χ0v) is 9.52. The second-order valence-electron chi connectivity index (χ2n) is 3.87. The molecule has 2 atom stereocenters. The van der Waals surface area contributed by atoms with Crippen LogP contribution in [0.5, 0.6) is 5.75 Å². The van der Waals surface area contributed by atoms with Crippen LogP contribution in [0.25, 0.3) is 0 Å². The molecule has 1 fully saturated rings. The lowest BCUT2D eigenvalue weighted by atomic mass is 10.0. The third-order valence-electron chi connectivity index (χ3n) is 2.82. The van der Waals surface area contributed by atoms with Crippen LogP contribution in [0.4, 0.5) is 0 Å². The fourth-order valence-corrected chi connectivity index (χ4v) is 1.73. The minimum Gasteiger partial charge on any atom is -0.497 e. The zero-order chi connectivity index (χ0) is 11.8. The highest BCUT2D eigenvalue weighted by atomic mass is 16.7. The molecule has 0 radical (unpaired) electrons.